The molecule has 2 aliphatic heterocycles. The highest BCUT2D eigenvalue weighted by Crippen LogP contribution is 2.22. The fraction of sp³-hybridized carbons (Fsp3) is 1.00. The first-order valence-electron chi connectivity index (χ1n) is 6.78. The van der Waals surface area contributed by atoms with Crippen LogP contribution in [0.3, 0.4) is 0 Å². The Bertz CT molecular complexity index is 192. The van der Waals surface area contributed by atoms with Gasteiger partial charge in [-0.3, -0.25) is 0 Å². The average Bonchev–Trinajstić information content (AvgIpc) is 2.80. The molecule has 0 N–H and O–H groups in total. The van der Waals surface area contributed by atoms with Crippen molar-refractivity contribution in [3.63, 3.8) is 0 Å². The second-order valence-electron chi connectivity index (χ2n) is 5.21. The molecule has 0 aromatic heterocycles. The maximum absolute atomic E-state index is 5.68. The number of rotatable bonds is 5. The predicted octanol–water partition coefficient (Wildman–Crippen LogP) is 3.05. The Labute approximate surface area is 108 Å². The average molecular weight is 290 g/mol. The molecule has 3 heteroatoms. The number of hydrogen-bond donors (Lipinski definition) is 0. The molecule has 2 unspecified atom stereocenters. The molecule has 0 aliphatic carbocycles. The highest BCUT2D eigenvalue weighted by Gasteiger charge is 2.21. The van der Waals surface area contributed by atoms with Crippen molar-refractivity contribution in [3.8, 4) is 0 Å². The summed E-state index contributed by atoms with van der Waals surface area (Å²) in [4.78, 5) is 2.65. The van der Waals surface area contributed by atoms with Gasteiger partial charge in [-0.05, 0) is 51.0 Å². The lowest BCUT2D eigenvalue weighted by atomic mass is 9.95. The minimum Gasteiger partial charge on any atom is -0.378 e. The second kappa shape index (κ2) is 6.97. The van der Waals surface area contributed by atoms with E-state index in [4.69, 9.17) is 4.74 Å². The van der Waals surface area contributed by atoms with Crippen LogP contribution in [-0.4, -0.2) is 42.6 Å². The number of alkyl halides is 1. The van der Waals surface area contributed by atoms with Gasteiger partial charge in [0.1, 0.15) is 0 Å². The van der Waals surface area contributed by atoms with Crippen LogP contribution in [0.1, 0.15) is 38.5 Å². The van der Waals surface area contributed by atoms with Crippen LogP contribution in [0.15, 0.2) is 0 Å². The van der Waals surface area contributed by atoms with E-state index in [0.29, 0.717) is 6.10 Å². The molecule has 0 spiro atoms. The maximum Gasteiger partial charge on any atom is 0.0588 e. The minimum atomic E-state index is 0.566. The monoisotopic (exact) mass is 289 g/mol. The Morgan fingerprint density at radius 1 is 1.19 bits per heavy atom. The van der Waals surface area contributed by atoms with E-state index in [0.717, 1.165) is 17.9 Å². The van der Waals surface area contributed by atoms with Gasteiger partial charge in [-0.15, -0.1) is 0 Å². The summed E-state index contributed by atoms with van der Waals surface area (Å²) in [6, 6.07) is 0. The van der Waals surface area contributed by atoms with Gasteiger partial charge in [0.2, 0.25) is 0 Å². The molecule has 0 radical (unpaired) electrons. The highest BCUT2D eigenvalue weighted by atomic mass is 79.9. The van der Waals surface area contributed by atoms with Crippen molar-refractivity contribution in [2.75, 3.05) is 31.6 Å². The van der Waals surface area contributed by atoms with E-state index in [1.165, 1.54) is 58.2 Å². The molecular weight excluding hydrogens is 266 g/mol. The molecular formula is C13H24BrNO. The fourth-order valence-corrected chi connectivity index (χ4v) is 3.59. The van der Waals surface area contributed by atoms with Gasteiger partial charge in [0.05, 0.1) is 6.10 Å². The van der Waals surface area contributed by atoms with Crippen LogP contribution >= 0.6 is 15.9 Å². The molecule has 2 rings (SSSR count). The first kappa shape index (κ1) is 12.8. The van der Waals surface area contributed by atoms with Crippen molar-refractivity contribution < 1.29 is 4.74 Å². The van der Waals surface area contributed by atoms with Gasteiger partial charge in [0.15, 0.2) is 0 Å². The number of piperidine rings is 1. The molecule has 16 heavy (non-hydrogen) atoms. The first-order chi connectivity index (χ1) is 7.88. The zero-order chi connectivity index (χ0) is 11.2. The topological polar surface area (TPSA) is 12.5 Å². The van der Waals surface area contributed by atoms with Crippen molar-refractivity contribution in [2.24, 2.45) is 5.92 Å². The molecule has 0 bridgehead atoms. The van der Waals surface area contributed by atoms with Gasteiger partial charge in [-0.1, -0.05) is 15.9 Å². The Kier molecular flexibility index (Phi) is 5.60. The summed E-state index contributed by atoms with van der Waals surface area (Å²) in [5.74, 6) is 0.928. The Balaban J connectivity index is 1.64. The van der Waals surface area contributed by atoms with Crippen LogP contribution in [0.2, 0.25) is 0 Å². The second-order valence-corrected chi connectivity index (χ2v) is 6.00. The normalized spacial score (nSPS) is 32.1. The van der Waals surface area contributed by atoms with Crippen molar-refractivity contribution in [3.05, 3.63) is 0 Å². The third kappa shape index (κ3) is 4.01. The third-order valence-electron chi connectivity index (χ3n) is 3.91. The van der Waals surface area contributed by atoms with E-state index < -0.39 is 0 Å². The van der Waals surface area contributed by atoms with Gasteiger partial charge >= 0.3 is 0 Å². The molecule has 2 nitrogen and oxygen atoms in total. The van der Waals surface area contributed by atoms with E-state index in [1.54, 1.807) is 0 Å². The molecule has 0 saturated carbocycles. The third-order valence-corrected chi connectivity index (χ3v) is 4.37. The summed E-state index contributed by atoms with van der Waals surface area (Å²) >= 11 is 3.56. The fourth-order valence-electron chi connectivity index (χ4n) is 2.94. The van der Waals surface area contributed by atoms with Crippen molar-refractivity contribution in [2.45, 2.75) is 44.6 Å². The Morgan fingerprint density at radius 2 is 2.12 bits per heavy atom. The van der Waals surface area contributed by atoms with Crippen LogP contribution in [0, 0.1) is 5.92 Å². The SMILES string of the molecule is BrCCC1CCCN(CCC2CCCO2)C1. The first-order valence-corrected chi connectivity index (χ1v) is 7.90. The molecule has 0 aromatic carbocycles. The Hall–Kier alpha value is 0.400. The minimum absolute atomic E-state index is 0.566. The summed E-state index contributed by atoms with van der Waals surface area (Å²) < 4.78 is 5.68. The molecule has 0 amide bonds. The number of hydrogen-bond acceptors (Lipinski definition) is 2. The largest absolute Gasteiger partial charge is 0.378 e. The standard InChI is InChI=1S/C13H24BrNO/c14-7-5-12-3-1-8-15(11-12)9-6-13-4-2-10-16-13/h12-13H,1-11H2. The van der Waals surface area contributed by atoms with Crippen LogP contribution in [0.4, 0.5) is 0 Å². The lowest BCUT2D eigenvalue weighted by Gasteiger charge is -2.33. The Morgan fingerprint density at radius 3 is 2.88 bits per heavy atom. The molecule has 94 valence electrons. The van der Waals surface area contributed by atoms with Crippen LogP contribution < -0.4 is 0 Å². The summed E-state index contributed by atoms with van der Waals surface area (Å²) in [6.45, 7) is 4.88. The van der Waals surface area contributed by atoms with Crippen LogP contribution in [0.25, 0.3) is 0 Å². The molecule has 2 saturated heterocycles. The predicted molar refractivity (Wildman–Crippen MR) is 71.2 cm³/mol. The van der Waals surface area contributed by atoms with Crippen molar-refractivity contribution in [1.29, 1.82) is 0 Å². The lowest BCUT2D eigenvalue weighted by Crippen LogP contribution is -2.37. The van der Waals surface area contributed by atoms with Crippen molar-refractivity contribution >= 4 is 15.9 Å². The number of nitrogens with zero attached hydrogens (tertiary/aromatic N) is 1. The maximum atomic E-state index is 5.68. The summed E-state index contributed by atoms with van der Waals surface area (Å²) in [7, 11) is 0. The number of ether oxygens (including phenoxy) is 1. The smallest absolute Gasteiger partial charge is 0.0588 e. The van der Waals surface area contributed by atoms with E-state index in [-0.39, 0.29) is 0 Å². The van der Waals surface area contributed by atoms with E-state index in [1.807, 2.05) is 0 Å². The van der Waals surface area contributed by atoms with Crippen LogP contribution in [0.5, 0.6) is 0 Å². The summed E-state index contributed by atoms with van der Waals surface area (Å²) in [6.07, 6.45) is 8.55. The van der Waals surface area contributed by atoms with Gasteiger partial charge in [0.25, 0.3) is 0 Å². The van der Waals surface area contributed by atoms with E-state index >= 15 is 0 Å². The van der Waals surface area contributed by atoms with E-state index in [2.05, 4.69) is 20.8 Å². The zero-order valence-corrected chi connectivity index (χ0v) is 11.8. The highest BCUT2D eigenvalue weighted by molar-refractivity contribution is 9.09. The van der Waals surface area contributed by atoms with Gasteiger partial charge in [-0.2, -0.15) is 0 Å². The lowest BCUT2D eigenvalue weighted by molar-refractivity contribution is 0.0829. The van der Waals surface area contributed by atoms with Crippen LogP contribution in [-0.2, 0) is 4.74 Å². The van der Waals surface area contributed by atoms with Gasteiger partial charge < -0.3 is 9.64 Å². The number of likely N-dealkylation sites (tertiary alicyclic amines) is 1. The molecule has 2 heterocycles. The summed E-state index contributed by atoms with van der Waals surface area (Å²) in [5, 5.41) is 1.16. The molecule has 2 aliphatic rings. The van der Waals surface area contributed by atoms with Gasteiger partial charge in [0, 0.05) is 25.0 Å². The number of halogens is 1. The molecule has 0 aromatic rings. The zero-order valence-electron chi connectivity index (χ0n) is 10.2. The van der Waals surface area contributed by atoms with Crippen molar-refractivity contribution in [1.82, 2.24) is 4.90 Å². The quantitative estimate of drug-likeness (QED) is 0.722. The van der Waals surface area contributed by atoms with E-state index in [9.17, 15) is 0 Å². The molecule has 2 fully saturated rings. The summed E-state index contributed by atoms with van der Waals surface area (Å²) in [5.41, 5.74) is 0. The molecule has 2 atom stereocenters. The van der Waals surface area contributed by atoms with Gasteiger partial charge in [-0.25, -0.2) is 0 Å².